The molecule has 10 heteroatoms. The molecule has 1 aliphatic heterocycles. The first-order valence-electron chi connectivity index (χ1n) is 6.94. The molecule has 1 aliphatic rings. The number of benzene rings is 1. The van der Waals surface area contributed by atoms with Crippen molar-refractivity contribution < 1.29 is 13.2 Å². The third-order valence-electron chi connectivity index (χ3n) is 3.61. The van der Waals surface area contributed by atoms with E-state index < -0.39 is 10.0 Å². The first-order valence-corrected chi connectivity index (χ1v) is 9.55. The first-order chi connectivity index (χ1) is 11.3. The van der Waals surface area contributed by atoms with Crippen LogP contribution in [0.25, 0.3) is 0 Å². The number of hydrogen-bond acceptors (Lipinski definition) is 6. The number of nitrogens with zero attached hydrogens (tertiary/aromatic N) is 3. The fourth-order valence-electron chi connectivity index (χ4n) is 2.31. The van der Waals surface area contributed by atoms with Crippen molar-refractivity contribution in [3.05, 3.63) is 34.2 Å². The van der Waals surface area contributed by atoms with Crippen molar-refractivity contribution in [1.82, 2.24) is 9.97 Å². The van der Waals surface area contributed by atoms with Gasteiger partial charge in [0, 0.05) is 19.5 Å². The SMILES string of the molecule is CN(c1cc2c(cc1Nc1nc(Cl)ncc1Cl)OCC2)S(C)(=O)=O. The van der Waals surface area contributed by atoms with Gasteiger partial charge in [-0.05, 0) is 23.2 Å². The van der Waals surface area contributed by atoms with Crippen molar-refractivity contribution in [2.24, 2.45) is 0 Å². The molecule has 24 heavy (non-hydrogen) atoms. The predicted octanol–water partition coefficient (Wildman–Crippen LogP) is 2.86. The van der Waals surface area contributed by atoms with E-state index >= 15 is 0 Å². The molecule has 2 aromatic rings. The van der Waals surface area contributed by atoms with E-state index in [4.69, 9.17) is 27.9 Å². The van der Waals surface area contributed by atoms with Crippen LogP contribution in [0.15, 0.2) is 18.3 Å². The summed E-state index contributed by atoms with van der Waals surface area (Å²) in [5.41, 5.74) is 1.89. The van der Waals surface area contributed by atoms with Crippen LogP contribution in [-0.4, -0.2) is 38.3 Å². The molecule has 1 aromatic carbocycles. The Morgan fingerprint density at radius 1 is 1.33 bits per heavy atom. The lowest BCUT2D eigenvalue weighted by atomic mass is 10.1. The maximum absolute atomic E-state index is 12.0. The number of hydrogen-bond donors (Lipinski definition) is 1. The molecule has 1 N–H and O–H groups in total. The Hall–Kier alpha value is -1.77. The lowest BCUT2D eigenvalue weighted by Gasteiger charge is -2.22. The number of ether oxygens (including phenoxy) is 1. The molecule has 2 heterocycles. The third-order valence-corrected chi connectivity index (χ3v) is 5.26. The van der Waals surface area contributed by atoms with E-state index in [-0.39, 0.29) is 16.1 Å². The van der Waals surface area contributed by atoms with Gasteiger partial charge in [0.15, 0.2) is 5.82 Å². The summed E-state index contributed by atoms with van der Waals surface area (Å²) in [4.78, 5) is 7.81. The molecule has 0 aliphatic carbocycles. The van der Waals surface area contributed by atoms with Gasteiger partial charge in [-0.1, -0.05) is 11.6 Å². The van der Waals surface area contributed by atoms with Crippen molar-refractivity contribution in [2.45, 2.75) is 6.42 Å². The largest absolute Gasteiger partial charge is 0.493 e. The van der Waals surface area contributed by atoms with Crippen molar-refractivity contribution >= 4 is 50.4 Å². The summed E-state index contributed by atoms with van der Waals surface area (Å²) in [5, 5.41) is 3.29. The summed E-state index contributed by atoms with van der Waals surface area (Å²) >= 11 is 11.9. The van der Waals surface area contributed by atoms with Gasteiger partial charge in [-0.2, -0.15) is 4.98 Å². The van der Waals surface area contributed by atoms with E-state index in [0.29, 0.717) is 23.7 Å². The zero-order chi connectivity index (χ0) is 17.5. The van der Waals surface area contributed by atoms with Crippen LogP contribution in [0.4, 0.5) is 17.2 Å². The van der Waals surface area contributed by atoms with Crippen LogP contribution in [-0.2, 0) is 16.4 Å². The van der Waals surface area contributed by atoms with Crippen LogP contribution in [0.2, 0.25) is 10.3 Å². The summed E-state index contributed by atoms with van der Waals surface area (Å²) in [5.74, 6) is 0.970. The normalized spacial score (nSPS) is 13.3. The Balaban J connectivity index is 2.10. The maximum atomic E-state index is 12.0. The van der Waals surface area contributed by atoms with Crippen LogP contribution in [0, 0.1) is 0 Å². The van der Waals surface area contributed by atoms with Crippen LogP contribution < -0.4 is 14.4 Å². The molecule has 3 rings (SSSR count). The zero-order valence-corrected chi connectivity index (χ0v) is 15.2. The summed E-state index contributed by atoms with van der Waals surface area (Å²) in [6, 6.07) is 3.51. The number of aromatic nitrogens is 2. The lowest BCUT2D eigenvalue weighted by Crippen LogP contribution is -2.25. The topological polar surface area (TPSA) is 84.4 Å². The first kappa shape index (κ1) is 17.1. The van der Waals surface area contributed by atoms with Gasteiger partial charge >= 0.3 is 0 Å². The molecule has 0 bridgehead atoms. The predicted molar refractivity (Wildman–Crippen MR) is 94.2 cm³/mol. The average molecular weight is 389 g/mol. The Morgan fingerprint density at radius 3 is 2.79 bits per heavy atom. The minimum atomic E-state index is -3.45. The number of sulfonamides is 1. The van der Waals surface area contributed by atoms with Crippen molar-refractivity contribution in [3.8, 4) is 5.75 Å². The minimum absolute atomic E-state index is 0.0253. The van der Waals surface area contributed by atoms with E-state index in [1.165, 1.54) is 17.5 Å². The standard InChI is InChI=1S/C14H14Cl2N4O3S/c1-20(24(2,21)22)11-5-8-3-4-23-12(8)6-10(11)18-13-9(15)7-17-14(16)19-13/h5-7H,3-4H2,1-2H3,(H,17,18,19). The summed E-state index contributed by atoms with van der Waals surface area (Å²) in [6.45, 7) is 0.556. The third kappa shape index (κ3) is 3.35. The highest BCUT2D eigenvalue weighted by atomic mass is 35.5. The number of rotatable bonds is 4. The molecular weight excluding hydrogens is 375 g/mol. The van der Waals surface area contributed by atoms with Gasteiger partial charge < -0.3 is 10.1 Å². The van der Waals surface area contributed by atoms with Gasteiger partial charge in [-0.15, -0.1) is 0 Å². The molecule has 1 aromatic heterocycles. The second-order valence-electron chi connectivity index (χ2n) is 5.27. The Morgan fingerprint density at radius 2 is 2.08 bits per heavy atom. The van der Waals surface area contributed by atoms with Crippen LogP contribution in [0.1, 0.15) is 5.56 Å². The Kier molecular flexibility index (Phi) is 4.46. The van der Waals surface area contributed by atoms with Crippen LogP contribution in [0.3, 0.4) is 0 Å². The highest BCUT2D eigenvalue weighted by Gasteiger charge is 2.22. The van der Waals surface area contributed by atoms with Gasteiger partial charge in [0.2, 0.25) is 15.3 Å². The molecule has 0 radical (unpaired) electrons. The molecule has 7 nitrogen and oxygen atoms in total. The van der Waals surface area contributed by atoms with Gasteiger partial charge in [-0.25, -0.2) is 13.4 Å². The monoisotopic (exact) mass is 388 g/mol. The second-order valence-corrected chi connectivity index (χ2v) is 8.03. The zero-order valence-electron chi connectivity index (χ0n) is 12.9. The second kappa shape index (κ2) is 6.27. The smallest absolute Gasteiger partial charge is 0.232 e. The Bertz CT molecular complexity index is 905. The molecule has 0 atom stereocenters. The molecule has 0 amide bonds. The number of anilines is 3. The van der Waals surface area contributed by atoms with Gasteiger partial charge in [0.1, 0.15) is 10.8 Å². The van der Waals surface area contributed by atoms with E-state index in [1.807, 2.05) is 0 Å². The average Bonchev–Trinajstić information content (AvgIpc) is 2.95. The fraction of sp³-hybridized carbons (Fsp3) is 0.286. The highest BCUT2D eigenvalue weighted by molar-refractivity contribution is 7.92. The number of halogens is 2. The summed E-state index contributed by atoms with van der Waals surface area (Å²) in [7, 11) is -1.97. The fourth-order valence-corrected chi connectivity index (χ4v) is 3.09. The van der Waals surface area contributed by atoms with E-state index in [0.717, 1.165) is 18.2 Å². The van der Waals surface area contributed by atoms with Crippen molar-refractivity contribution in [1.29, 1.82) is 0 Å². The quantitative estimate of drug-likeness (QED) is 0.810. The molecule has 0 fully saturated rings. The highest BCUT2D eigenvalue weighted by Crippen LogP contribution is 2.39. The van der Waals surface area contributed by atoms with Gasteiger partial charge in [0.05, 0.1) is 30.4 Å². The Labute approximate surface area is 149 Å². The van der Waals surface area contributed by atoms with E-state index in [9.17, 15) is 8.42 Å². The molecule has 0 saturated heterocycles. The van der Waals surface area contributed by atoms with Gasteiger partial charge in [-0.3, -0.25) is 4.31 Å². The van der Waals surface area contributed by atoms with Crippen LogP contribution >= 0.6 is 23.2 Å². The van der Waals surface area contributed by atoms with Crippen LogP contribution in [0.5, 0.6) is 5.75 Å². The lowest BCUT2D eigenvalue weighted by molar-refractivity contribution is 0.357. The molecular formula is C14H14Cl2N4O3S. The number of nitrogens with one attached hydrogen (secondary N) is 1. The van der Waals surface area contributed by atoms with Crippen molar-refractivity contribution in [3.63, 3.8) is 0 Å². The van der Waals surface area contributed by atoms with E-state index in [2.05, 4.69) is 15.3 Å². The summed E-state index contributed by atoms with van der Waals surface area (Å²) in [6.07, 6.45) is 3.22. The molecule has 0 spiro atoms. The molecule has 0 saturated carbocycles. The van der Waals surface area contributed by atoms with Gasteiger partial charge in [0.25, 0.3) is 0 Å². The molecule has 128 valence electrons. The van der Waals surface area contributed by atoms with E-state index in [1.54, 1.807) is 12.1 Å². The maximum Gasteiger partial charge on any atom is 0.232 e. The molecule has 0 unspecified atom stereocenters. The van der Waals surface area contributed by atoms with Crippen molar-refractivity contribution in [2.75, 3.05) is 29.5 Å². The number of fused-ring (bicyclic) bond motifs is 1. The minimum Gasteiger partial charge on any atom is -0.493 e. The summed E-state index contributed by atoms with van der Waals surface area (Å²) < 4.78 is 30.6.